The van der Waals surface area contributed by atoms with Crippen molar-refractivity contribution in [1.29, 1.82) is 0 Å². The summed E-state index contributed by atoms with van der Waals surface area (Å²) in [6.07, 6.45) is -4.90. The standard InChI is InChI=1S/C7H6F3N3O5S/c1-3-5(13(14)15)4(18-7(8,9)10)2-12-6(3)19(11,16)17/h2H,1H3,(H2,11,16,17). The van der Waals surface area contributed by atoms with Crippen molar-refractivity contribution >= 4 is 15.7 Å². The highest BCUT2D eigenvalue weighted by atomic mass is 32.2. The number of rotatable bonds is 3. The topological polar surface area (TPSA) is 125 Å². The number of nitro groups is 1. The summed E-state index contributed by atoms with van der Waals surface area (Å²) in [5.41, 5.74) is -1.81. The number of nitrogens with zero attached hydrogens (tertiary/aromatic N) is 2. The first-order chi connectivity index (χ1) is 8.43. The molecule has 106 valence electrons. The van der Waals surface area contributed by atoms with Gasteiger partial charge in [-0.15, -0.1) is 13.2 Å². The Morgan fingerprint density at radius 1 is 1.47 bits per heavy atom. The minimum absolute atomic E-state index is 0.276. The highest BCUT2D eigenvalue weighted by molar-refractivity contribution is 7.89. The Bertz CT molecular complexity index is 628. The third-order valence-corrected chi connectivity index (χ3v) is 2.84. The summed E-state index contributed by atoms with van der Waals surface area (Å²) in [6, 6.07) is 0. The van der Waals surface area contributed by atoms with Gasteiger partial charge in [-0.3, -0.25) is 10.1 Å². The number of aromatic nitrogens is 1. The number of primary sulfonamides is 1. The molecule has 1 rings (SSSR count). The second-order valence-electron chi connectivity index (χ2n) is 3.25. The molecule has 1 aromatic heterocycles. The summed E-state index contributed by atoms with van der Waals surface area (Å²) in [6.45, 7) is 0.897. The number of pyridine rings is 1. The predicted octanol–water partition coefficient (Wildman–Crippen LogP) is 0.844. The van der Waals surface area contributed by atoms with Crippen LogP contribution in [0.25, 0.3) is 0 Å². The molecule has 0 amide bonds. The largest absolute Gasteiger partial charge is 0.573 e. The van der Waals surface area contributed by atoms with E-state index < -0.39 is 43.3 Å². The summed E-state index contributed by atoms with van der Waals surface area (Å²) in [7, 11) is -4.40. The molecule has 0 fully saturated rings. The van der Waals surface area contributed by atoms with Crippen LogP contribution in [0.15, 0.2) is 11.2 Å². The lowest BCUT2D eigenvalue weighted by Crippen LogP contribution is -2.20. The summed E-state index contributed by atoms with van der Waals surface area (Å²) in [4.78, 5) is 12.6. The zero-order valence-corrected chi connectivity index (χ0v) is 9.95. The van der Waals surface area contributed by atoms with Crippen LogP contribution in [0.5, 0.6) is 5.75 Å². The van der Waals surface area contributed by atoms with Crippen molar-refractivity contribution in [3.8, 4) is 5.75 Å². The Labute approximate surface area is 104 Å². The molecular formula is C7H6F3N3O5S. The van der Waals surface area contributed by atoms with Crippen LogP contribution in [0.4, 0.5) is 18.9 Å². The van der Waals surface area contributed by atoms with Gasteiger partial charge in [-0.25, -0.2) is 18.5 Å². The van der Waals surface area contributed by atoms with E-state index in [4.69, 9.17) is 5.14 Å². The average molecular weight is 301 g/mol. The third-order valence-electron chi connectivity index (χ3n) is 1.89. The van der Waals surface area contributed by atoms with Gasteiger partial charge < -0.3 is 4.74 Å². The van der Waals surface area contributed by atoms with Gasteiger partial charge in [0.15, 0.2) is 5.03 Å². The summed E-state index contributed by atoms with van der Waals surface area (Å²) < 4.78 is 61.6. The molecule has 0 aliphatic rings. The van der Waals surface area contributed by atoms with Gasteiger partial charge in [0.2, 0.25) is 5.75 Å². The Morgan fingerprint density at radius 2 is 2.00 bits per heavy atom. The fourth-order valence-electron chi connectivity index (χ4n) is 1.27. The van der Waals surface area contributed by atoms with E-state index in [-0.39, 0.29) is 6.20 Å². The van der Waals surface area contributed by atoms with E-state index in [1.807, 2.05) is 0 Å². The van der Waals surface area contributed by atoms with Gasteiger partial charge >= 0.3 is 12.0 Å². The number of nitrogens with two attached hydrogens (primary N) is 1. The molecule has 2 N–H and O–H groups in total. The van der Waals surface area contributed by atoms with Gasteiger partial charge in [-0.2, -0.15) is 0 Å². The van der Waals surface area contributed by atoms with Crippen LogP contribution in [0, 0.1) is 17.0 Å². The normalized spacial score (nSPS) is 12.3. The molecule has 0 aliphatic carbocycles. The number of hydrogen-bond donors (Lipinski definition) is 1. The molecule has 1 heterocycles. The van der Waals surface area contributed by atoms with Gasteiger partial charge in [-0.05, 0) is 6.92 Å². The van der Waals surface area contributed by atoms with Gasteiger partial charge in [0, 0.05) is 0 Å². The van der Waals surface area contributed by atoms with Crippen LogP contribution < -0.4 is 9.88 Å². The molecule has 0 aliphatic heterocycles. The maximum Gasteiger partial charge on any atom is 0.573 e. The smallest absolute Gasteiger partial charge is 0.397 e. The summed E-state index contributed by atoms with van der Waals surface area (Å²) in [5.74, 6) is -1.22. The van der Waals surface area contributed by atoms with Crippen molar-refractivity contribution in [1.82, 2.24) is 4.98 Å². The first-order valence-corrected chi connectivity index (χ1v) is 5.90. The Morgan fingerprint density at radius 3 is 2.37 bits per heavy atom. The Hall–Kier alpha value is -1.95. The molecule has 12 heteroatoms. The minimum Gasteiger partial charge on any atom is -0.397 e. The summed E-state index contributed by atoms with van der Waals surface area (Å²) >= 11 is 0. The molecule has 0 saturated carbocycles. The molecule has 0 spiro atoms. The maximum atomic E-state index is 12.0. The molecule has 0 saturated heterocycles. The van der Waals surface area contributed by atoms with Crippen molar-refractivity contribution < 1.29 is 31.2 Å². The van der Waals surface area contributed by atoms with E-state index in [0.29, 0.717) is 0 Å². The lowest BCUT2D eigenvalue weighted by atomic mass is 10.2. The van der Waals surface area contributed by atoms with Gasteiger partial charge in [-0.1, -0.05) is 0 Å². The molecule has 0 aromatic carbocycles. The van der Waals surface area contributed by atoms with Crippen LogP contribution in [0.3, 0.4) is 0 Å². The number of sulfonamides is 1. The highest BCUT2D eigenvalue weighted by Crippen LogP contribution is 2.35. The molecule has 8 nitrogen and oxygen atoms in total. The van der Waals surface area contributed by atoms with Crippen LogP contribution in [0.2, 0.25) is 0 Å². The predicted molar refractivity (Wildman–Crippen MR) is 53.7 cm³/mol. The first kappa shape index (κ1) is 15.1. The van der Waals surface area contributed by atoms with Crippen molar-refractivity contribution in [3.63, 3.8) is 0 Å². The van der Waals surface area contributed by atoms with E-state index in [1.165, 1.54) is 0 Å². The van der Waals surface area contributed by atoms with Crippen molar-refractivity contribution in [2.24, 2.45) is 5.14 Å². The lowest BCUT2D eigenvalue weighted by Gasteiger charge is -2.11. The molecular weight excluding hydrogens is 295 g/mol. The van der Waals surface area contributed by atoms with E-state index in [9.17, 15) is 31.7 Å². The van der Waals surface area contributed by atoms with Gasteiger partial charge in [0.1, 0.15) is 0 Å². The number of alkyl halides is 3. The molecule has 0 unspecified atom stereocenters. The first-order valence-electron chi connectivity index (χ1n) is 4.36. The number of hydrogen-bond acceptors (Lipinski definition) is 6. The van der Waals surface area contributed by atoms with Crippen molar-refractivity contribution in [3.05, 3.63) is 21.9 Å². The third kappa shape index (κ3) is 3.51. The molecule has 0 radical (unpaired) electrons. The maximum absolute atomic E-state index is 12.0. The van der Waals surface area contributed by atoms with E-state index in [1.54, 1.807) is 0 Å². The van der Waals surface area contributed by atoms with Gasteiger partial charge in [0.05, 0.1) is 16.7 Å². The monoisotopic (exact) mass is 301 g/mol. The second-order valence-corrected chi connectivity index (χ2v) is 4.73. The molecule has 0 atom stereocenters. The Kier molecular flexibility index (Phi) is 3.67. The highest BCUT2D eigenvalue weighted by Gasteiger charge is 2.36. The Balaban J connectivity index is 3.54. The van der Waals surface area contributed by atoms with Crippen molar-refractivity contribution in [2.75, 3.05) is 0 Å². The van der Waals surface area contributed by atoms with E-state index in [0.717, 1.165) is 6.92 Å². The van der Waals surface area contributed by atoms with Crippen LogP contribution in [-0.4, -0.2) is 24.7 Å². The van der Waals surface area contributed by atoms with Crippen molar-refractivity contribution in [2.45, 2.75) is 18.3 Å². The van der Waals surface area contributed by atoms with Crippen LogP contribution >= 0.6 is 0 Å². The zero-order valence-electron chi connectivity index (χ0n) is 9.13. The fourth-order valence-corrected chi connectivity index (χ4v) is 2.00. The zero-order chi connectivity index (χ0) is 15.0. The van der Waals surface area contributed by atoms with Crippen LogP contribution in [0.1, 0.15) is 5.56 Å². The van der Waals surface area contributed by atoms with Crippen LogP contribution in [-0.2, 0) is 10.0 Å². The van der Waals surface area contributed by atoms with E-state index >= 15 is 0 Å². The SMILES string of the molecule is Cc1c(S(N)(=O)=O)ncc(OC(F)(F)F)c1[N+](=O)[O-]. The molecule has 0 bridgehead atoms. The molecule has 1 aromatic rings. The summed E-state index contributed by atoms with van der Waals surface area (Å²) in [5, 5.41) is 14.5. The second kappa shape index (κ2) is 4.62. The average Bonchev–Trinajstić information content (AvgIpc) is 2.11. The van der Waals surface area contributed by atoms with Gasteiger partial charge in [0.25, 0.3) is 10.0 Å². The number of ether oxygens (including phenoxy) is 1. The fraction of sp³-hybridized carbons (Fsp3) is 0.286. The van der Waals surface area contributed by atoms with E-state index in [2.05, 4.69) is 9.72 Å². The number of halogens is 3. The molecule has 19 heavy (non-hydrogen) atoms. The quantitative estimate of drug-likeness (QED) is 0.651. The lowest BCUT2D eigenvalue weighted by molar-refractivity contribution is -0.389. The minimum atomic E-state index is -5.18.